The molecule has 0 radical (unpaired) electrons. The van der Waals surface area contributed by atoms with Crippen LogP contribution in [-0.4, -0.2) is 0 Å². The summed E-state index contributed by atoms with van der Waals surface area (Å²) in [5, 5.41) is 0. The summed E-state index contributed by atoms with van der Waals surface area (Å²) in [4.78, 5) is 0. The maximum Gasteiger partial charge on any atom is -0.0323 e. The molecule has 0 saturated heterocycles. The fourth-order valence-electron chi connectivity index (χ4n) is 6.02. The molecule has 1 rings (SSSR count). The second-order valence-corrected chi connectivity index (χ2v) is 11.4. The first-order chi connectivity index (χ1) is 11.8. The first-order valence-corrected chi connectivity index (χ1v) is 11.8. The lowest BCUT2D eigenvalue weighted by Crippen LogP contribution is -2.31. The molecular weight excluding hydrogens is 312 g/mol. The van der Waals surface area contributed by atoms with Gasteiger partial charge in [-0.1, -0.05) is 90.0 Å². The highest BCUT2D eigenvalue weighted by Gasteiger charge is 2.54. The van der Waals surface area contributed by atoms with E-state index in [0.717, 1.165) is 76.9 Å². The molecule has 1 saturated carbocycles. The molecule has 26 heavy (non-hydrogen) atoms. The van der Waals surface area contributed by atoms with Crippen LogP contribution in [0.3, 0.4) is 0 Å². The van der Waals surface area contributed by atoms with E-state index in [2.05, 4.69) is 90.0 Å². The SMILES string of the molecule is CC(C)C(C)C(C)C(C)C(C)C(C)C(C)C1C(C)C1C(C)C(C)C(C)C. The van der Waals surface area contributed by atoms with E-state index < -0.39 is 0 Å². The molecule has 0 amide bonds. The van der Waals surface area contributed by atoms with Crippen LogP contribution in [0.2, 0.25) is 0 Å². The topological polar surface area (TPSA) is 0 Å². The van der Waals surface area contributed by atoms with Gasteiger partial charge in [0.25, 0.3) is 0 Å². The van der Waals surface area contributed by atoms with Gasteiger partial charge in [-0.15, -0.1) is 0 Å². The van der Waals surface area contributed by atoms with Gasteiger partial charge in [0, 0.05) is 0 Å². The third-order valence-electron chi connectivity index (χ3n) is 9.81. The van der Waals surface area contributed by atoms with Crippen molar-refractivity contribution in [3.05, 3.63) is 0 Å². The minimum Gasteiger partial charge on any atom is -0.0625 e. The molecular formula is C26H52. The van der Waals surface area contributed by atoms with E-state index in [1.807, 2.05) is 0 Å². The fraction of sp³-hybridized carbons (Fsp3) is 1.00. The van der Waals surface area contributed by atoms with Crippen molar-refractivity contribution in [2.45, 2.75) is 90.0 Å². The van der Waals surface area contributed by atoms with Crippen LogP contribution < -0.4 is 0 Å². The van der Waals surface area contributed by atoms with E-state index in [1.54, 1.807) is 0 Å². The highest BCUT2D eigenvalue weighted by atomic mass is 14.6. The molecule has 0 aromatic carbocycles. The Bertz CT molecular complexity index is 380. The third-order valence-corrected chi connectivity index (χ3v) is 9.81. The van der Waals surface area contributed by atoms with Crippen LogP contribution in [0.15, 0.2) is 0 Å². The molecule has 11 atom stereocenters. The molecule has 0 heteroatoms. The maximum atomic E-state index is 2.57. The summed E-state index contributed by atoms with van der Waals surface area (Å²) < 4.78 is 0. The number of rotatable bonds is 10. The number of hydrogen-bond acceptors (Lipinski definition) is 0. The van der Waals surface area contributed by atoms with Gasteiger partial charge in [-0.05, 0) is 76.9 Å². The van der Waals surface area contributed by atoms with Gasteiger partial charge in [-0.3, -0.25) is 0 Å². The molecule has 156 valence electrons. The lowest BCUT2D eigenvalue weighted by molar-refractivity contribution is 0.110. The second-order valence-electron chi connectivity index (χ2n) is 11.4. The molecule has 0 spiro atoms. The monoisotopic (exact) mass is 364 g/mol. The average Bonchev–Trinajstić information content (AvgIpc) is 3.26. The van der Waals surface area contributed by atoms with Crippen molar-refractivity contribution < 1.29 is 0 Å². The van der Waals surface area contributed by atoms with Crippen molar-refractivity contribution in [1.82, 2.24) is 0 Å². The largest absolute Gasteiger partial charge is 0.0625 e. The minimum atomic E-state index is 0.790. The van der Waals surface area contributed by atoms with E-state index in [0.29, 0.717) is 0 Å². The summed E-state index contributed by atoms with van der Waals surface area (Å²) >= 11 is 0. The summed E-state index contributed by atoms with van der Waals surface area (Å²) in [6, 6.07) is 0. The molecule has 1 aliphatic rings. The molecule has 0 N–H and O–H groups in total. The van der Waals surface area contributed by atoms with Gasteiger partial charge in [-0.2, -0.15) is 0 Å². The zero-order chi connectivity index (χ0) is 20.5. The maximum absolute atomic E-state index is 2.57. The molecule has 0 heterocycles. The zero-order valence-electron chi connectivity index (χ0n) is 20.5. The van der Waals surface area contributed by atoms with Crippen LogP contribution in [0, 0.1) is 76.9 Å². The Morgan fingerprint density at radius 3 is 1.08 bits per heavy atom. The van der Waals surface area contributed by atoms with Crippen molar-refractivity contribution in [2.24, 2.45) is 76.9 Å². The molecule has 0 nitrogen and oxygen atoms in total. The lowest BCUT2D eigenvalue weighted by Gasteiger charge is -2.38. The van der Waals surface area contributed by atoms with Gasteiger partial charge in [0.1, 0.15) is 0 Å². The lowest BCUT2D eigenvalue weighted by atomic mass is 9.68. The van der Waals surface area contributed by atoms with Crippen LogP contribution in [0.5, 0.6) is 0 Å². The predicted octanol–water partition coefficient (Wildman–Crippen LogP) is 8.27. The van der Waals surface area contributed by atoms with Crippen molar-refractivity contribution in [3.63, 3.8) is 0 Å². The standard InChI is InChI=1S/C26H52/c1-14(2)16(5)18(7)19(8)20(9)21(10)23(12)26-24(13)25(26)22(11)17(6)15(3)4/h14-26H,1-13H3. The summed E-state index contributed by atoms with van der Waals surface area (Å²) in [5.74, 6) is 11.1. The van der Waals surface area contributed by atoms with Gasteiger partial charge >= 0.3 is 0 Å². The molecule has 0 aromatic rings. The molecule has 0 aliphatic heterocycles. The van der Waals surface area contributed by atoms with Gasteiger partial charge in [0.15, 0.2) is 0 Å². The van der Waals surface area contributed by atoms with Crippen molar-refractivity contribution in [2.75, 3.05) is 0 Å². The highest BCUT2D eigenvalue weighted by Crippen LogP contribution is 2.59. The zero-order valence-corrected chi connectivity index (χ0v) is 20.5. The first-order valence-electron chi connectivity index (χ1n) is 11.8. The van der Waals surface area contributed by atoms with Crippen molar-refractivity contribution in [3.8, 4) is 0 Å². The summed E-state index contributed by atoms with van der Waals surface area (Å²) in [6.07, 6.45) is 0. The Kier molecular flexibility index (Phi) is 8.75. The smallest absolute Gasteiger partial charge is 0.0323 e. The summed E-state index contributed by atoms with van der Waals surface area (Å²) in [7, 11) is 0. The van der Waals surface area contributed by atoms with E-state index in [1.165, 1.54) is 0 Å². The van der Waals surface area contributed by atoms with E-state index in [4.69, 9.17) is 0 Å². The van der Waals surface area contributed by atoms with E-state index in [-0.39, 0.29) is 0 Å². The Morgan fingerprint density at radius 2 is 0.692 bits per heavy atom. The van der Waals surface area contributed by atoms with Gasteiger partial charge in [0.05, 0.1) is 0 Å². The second kappa shape index (κ2) is 9.47. The Balaban J connectivity index is 2.73. The van der Waals surface area contributed by atoms with Gasteiger partial charge < -0.3 is 0 Å². The quantitative estimate of drug-likeness (QED) is 0.366. The van der Waals surface area contributed by atoms with Crippen LogP contribution in [0.4, 0.5) is 0 Å². The van der Waals surface area contributed by atoms with E-state index >= 15 is 0 Å². The van der Waals surface area contributed by atoms with Crippen LogP contribution in [0.25, 0.3) is 0 Å². The average molecular weight is 365 g/mol. The van der Waals surface area contributed by atoms with E-state index in [9.17, 15) is 0 Å². The third kappa shape index (κ3) is 5.08. The minimum absolute atomic E-state index is 0.790. The van der Waals surface area contributed by atoms with Gasteiger partial charge in [-0.25, -0.2) is 0 Å². The number of hydrogen-bond donors (Lipinski definition) is 0. The first kappa shape index (κ1) is 24.0. The molecule has 1 aliphatic carbocycles. The normalized spacial score (nSPS) is 32.7. The highest BCUT2D eigenvalue weighted by molar-refractivity contribution is 5.02. The summed E-state index contributed by atoms with van der Waals surface area (Å²) in [6.45, 7) is 32.2. The van der Waals surface area contributed by atoms with Crippen molar-refractivity contribution in [1.29, 1.82) is 0 Å². The van der Waals surface area contributed by atoms with Crippen LogP contribution in [-0.2, 0) is 0 Å². The molecule has 1 fully saturated rings. The Hall–Kier alpha value is 0. The van der Waals surface area contributed by atoms with Crippen LogP contribution >= 0.6 is 0 Å². The predicted molar refractivity (Wildman–Crippen MR) is 119 cm³/mol. The Labute approximate surface area is 167 Å². The molecule has 11 unspecified atom stereocenters. The molecule has 0 aromatic heterocycles. The van der Waals surface area contributed by atoms with Gasteiger partial charge in [0.2, 0.25) is 0 Å². The Morgan fingerprint density at radius 1 is 0.385 bits per heavy atom. The molecule has 0 bridgehead atoms. The summed E-state index contributed by atoms with van der Waals surface area (Å²) in [5.41, 5.74) is 0. The van der Waals surface area contributed by atoms with Crippen LogP contribution in [0.1, 0.15) is 90.0 Å². The van der Waals surface area contributed by atoms with Crippen molar-refractivity contribution >= 4 is 0 Å². The fourth-order valence-corrected chi connectivity index (χ4v) is 6.02.